The van der Waals surface area contributed by atoms with Crippen molar-refractivity contribution in [3.05, 3.63) is 23.7 Å². The first-order valence-corrected chi connectivity index (χ1v) is 6.30. The highest BCUT2D eigenvalue weighted by Gasteiger charge is 2.05. The number of aliphatic carboxylic acids is 1. The fraction of sp³-hybridized carbons (Fsp3) is 0.200. The molecule has 0 aromatic carbocycles. The van der Waals surface area contributed by atoms with E-state index in [2.05, 4.69) is 4.98 Å². The molecule has 2 aromatic heterocycles. The number of hydrogen-bond acceptors (Lipinski definition) is 4. The Hall–Kier alpha value is -1.07. The molecule has 0 aliphatic heterocycles. The number of hydrogen-bond donors (Lipinski definition) is 1. The van der Waals surface area contributed by atoms with Crippen molar-refractivity contribution in [2.24, 2.45) is 0 Å². The number of thioether (sulfide) groups is 1. The summed E-state index contributed by atoms with van der Waals surface area (Å²) in [5.74, 6) is -0.197. The van der Waals surface area contributed by atoms with E-state index in [-0.39, 0.29) is 6.42 Å². The topological polar surface area (TPSA) is 50.2 Å². The number of fused-ring (bicyclic) bond motifs is 1. The summed E-state index contributed by atoms with van der Waals surface area (Å²) >= 11 is 3.17. The van der Waals surface area contributed by atoms with Crippen LogP contribution in [-0.2, 0) is 4.79 Å². The molecule has 0 atom stereocenters. The van der Waals surface area contributed by atoms with Gasteiger partial charge in [0, 0.05) is 22.0 Å². The van der Waals surface area contributed by atoms with Crippen LogP contribution in [0.25, 0.3) is 10.1 Å². The third-order valence-corrected chi connectivity index (χ3v) is 3.79. The van der Waals surface area contributed by atoms with Crippen LogP contribution >= 0.6 is 23.1 Å². The Morgan fingerprint density at radius 1 is 1.53 bits per heavy atom. The smallest absolute Gasteiger partial charge is 0.304 e. The van der Waals surface area contributed by atoms with Gasteiger partial charge in [-0.3, -0.25) is 4.79 Å². The number of rotatable bonds is 4. The molecule has 0 unspecified atom stereocenters. The van der Waals surface area contributed by atoms with Crippen LogP contribution in [0.5, 0.6) is 0 Å². The van der Waals surface area contributed by atoms with Gasteiger partial charge in [0.1, 0.15) is 5.03 Å². The van der Waals surface area contributed by atoms with Gasteiger partial charge in [0.05, 0.1) is 6.42 Å². The normalized spacial score (nSPS) is 10.7. The second-order valence-corrected chi connectivity index (χ2v) is 4.97. The molecule has 0 fully saturated rings. The molecular formula is C10H9NO2S2. The SMILES string of the molecule is O=C(O)CCSc1nccc2sccc12. The Labute approximate surface area is 95.1 Å². The minimum Gasteiger partial charge on any atom is -0.481 e. The van der Waals surface area contributed by atoms with E-state index in [0.717, 1.165) is 10.4 Å². The minimum atomic E-state index is -0.764. The number of carboxylic acid groups (broad SMARTS) is 1. The van der Waals surface area contributed by atoms with Crippen LogP contribution in [0.1, 0.15) is 6.42 Å². The molecular weight excluding hydrogens is 230 g/mol. The van der Waals surface area contributed by atoms with Gasteiger partial charge in [-0.25, -0.2) is 4.98 Å². The predicted octanol–water partition coefficient (Wildman–Crippen LogP) is 2.86. The third kappa shape index (κ3) is 2.49. The second kappa shape index (κ2) is 4.63. The summed E-state index contributed by atoms with van der Waals surface area (Å²) in [6.07, 6.45) is 1.94. The van der Waals surface area contributed by atoms with E-state index in [0.29, 0.717) is 5.75 Å². The average molecular weight is 239 g/mol. The zero-order valence-electron chi connectivity index (χ0n) is 7.84. The van der Waals surface area contributed by atoms with Crippen molar-refractivity contribution < 1.29 is 9.90 Å². The fourth-order valence-electron chi connectivity index (χ4n) is 1.22. The predicted molar refractivity (Wildman–Crippen MR) is 62.6 cm³/mol. The summed E-state index contributed by atoms with van der Waals surface area (Å²) in [6, 6.07) is 4.00. The Kier molecular flexibility index (Phi) is 3.23. The molecule has 2 heterocycles. The van der Waals surface area contributed by atoms with Crippen LogP contribution in [0.2, 0.25) is 0 Å². The molecule has 0 aliphatic carbocycles. The molecule has 0 aliphatic rings. The van der Waals surface area contributed by atoms with Gasteiger partial charge in [0.25, 0.3) is 0 Å². The summed E-state index contributed by atoms with van der Waals surface area (Å²) in [4.78, 5) is 14.6. The van der Waals surface area contributed by atoms with Crippen LogP contribution in [0, 0.1) is 0 Å². The molecule has 0 bridgehead atoms. The quantitative estimate of drug-likeness (QED) is 0.833. The maximum absolute atomic E-state index is 10.4. The van der Waals surface area contributed by atoms with E-state index in [4.69, 9.17) is 5.11 Å². The number of carboxylic acids is 1. The third-order valence-electron chi connectivity index (χ3n) is 1.90. The Morgan fingerprint density at radius 2 is 2.40 bits per heavy atom. The van der Waals surface area contributed by atoms with Crippen LogP contribution < -0.4 is 0 Å². The van der Waals surface area contributed by atoms with Crippen molar-refractivity contribution in [3.63, 3.8) is 0 Å². The number of nitrogens with zero attached hydrogens (tertiary/aromatic N) is 1. The fourth-order valence-corrected chi connectivity index (χ4v) is 3.00. The van der Waals surface area contributed by atoms with Crippen LogP contribution in [0.3, 0.4) is 0 Å². The number of carbonyl (C=O) groups is 1. The van der Waals surface area contributed by atoms with Gasteiger partial charge >= 0.3 is 5.97 Å². The molecule has 3 nitrogen and oxygen atoms in total. The molecule has 5 heteroatoms. The largest absolute Gasteiger partial charge is 0.481 e. The Morgan fingerprint density at radius 3 is 3.20 bits per heavy atom. The highest BCUT2D eigenvalue weighted by molar-refractivity contribution is 7.99. The molecule has 0 saturated heterocycles. The lowest BCUT2D eigenvalue weighted by molar-refractivity contribution is -0.136. The standard InChI is InChI=1S/C10H9NO2S2/c12-9(13)3-6-15-10-7-2-5-14-8(7)1-4-11-10/h1-2,4-5H,3,6H2,(H,12,13). The molecule has 1 N–H and O–H groups in total. The van der Waals surface area contributed by atoms with Crippen LogP contribution in [0.4, 0.5) is 0 Å². The molecule has 78 valence electrons. The maximum atomic E-state index is 10.4. The number of aromatic nitrogens is 1. The van der Waals surface area contributed by atoms with Gasteiger partial charge in [-0.15, -0.1) is 23.1 Å². The first-order valence-electron chi connectivity index (χ1n) is 4.44. The number of thiophene rings is 1. The highest BCUT2D eigenvalue weighted by Crippen LogP contribution is 2.29. The van der Waals surface area contributed by atoms with E-state index in [9.17, 15) is 4.79 Å². The van der Waals surface area contributed by atoms with Gasteiger partial charge in [-0.05, 0) is 17.5 Å². The first-order chi connectivity index (χ1) is 7.27. The van der Waals surface area contributed by atoms with Gasteiger partial charge in [0.15, 0.2) is 0 Å². The Bertz CT molecular complexity index is 481. The van der Waals surface area contributed by atoms with Gasteiger partial charge < -0.3 is 5.11 Å². The lowest BCUT2D eigenvalue weighted by Crippen LogP contribution is -1.96. The van der Waals surface area contributed by atoms with Crippen molar-refractivity contribution >= 4 is 39.2 Å². The maximum Gasteiger partial charge on any atom is 0.304 e. The lowest BCUT2D eigenvalue weighted by atomic mass is 10.3. The molecule has 0 saturated carbocycles. The van der Waals surface area contributed by atoms with Gasteiger partial charge in [-0.1, -0.05) is 0 Å². The van der Waals surface area contributed by atoms with E-state index in [1.165, 1.54) is 16.5 Å². The average Bonchev–Trinajstić information content (AvgIpc) is 2.65. The molecule has 2 aromatic rings. The summed E-state index contributed by atoms with van der Waals surface area (Å²) in [6.45, 7) is 0. The molecule has 15 heavy (non-hydrogen) atoms. The first kappa shape index (κ1) is 10.4. The van der Waals surface area contributed by atoms with Gasteiger partial charge in [-0.2, -0.15) is 0 Å². The molecule has 0 radical (unpaired) electrons. The van der Waals surface area contributed by atoms with E-state index in [1.54, 1.807) is 17.5 Å². The number of pyridine rings is 1. The van der Waals surface area contributed by atoms with Crippen LogP contribution in [0.15, 0.2) is 28.7 Å². The minimum absolute atomic E-state index is 0.173. The summed E-state index contributed by atoms with van der Waals surface area (Å²) < 4.78 is 1.20. The van der Waals surface area contributed by atoms with Crippen molar-refractivity contribution in [2.75, 3.05) is 5.75 Å². The van der Waals surface area contributed by atoms with Crippen molar-refractivity contribution in [3.8, 4) is 0 Å². The van der Waals surface area contributed by atoms with Crippen LogP contribution in [-0.4, -0.2) is 21.8 Å². The molecule has 0 amide bonds. The van der Waals surface area contributed by atoms with E-state index < -0.39 is 5.97 Å². The second-order valence-electron chi connectivity index (χ2n) is 2.94. The summed E-state index contributed by atoms with van der Waals surface area (Å²) in [5.41, 5.74) is 0. The monoisotopic (exact) mass is 239 g/mol. The molecule has 2 rings (SSSR count). The summed E-state index contributed by atoms with van der Waals surface area (Å²) in [5, 5.41) is 12.6. The zero-order valence-corrected chi connectivity index (χ0v) is 9.48. The summed E-state index contributed by atoms with van der Waals surface area (Å²) in [7, 11) is 0. The molecule has 0 spiro atoms. The van der Waals surface area contributed by atoms with Crippen molar-refractivity contribution in [1.29, 1.82) is 0 Å². The van der Waals surface area contributed by atoms with Crippen molar-refractivity contribution in [2.45, 2.75) is 11.4 Å². The van der Waals surface area contributed by atoms with Gasteiger partial charge in [0.2, 0.25) is 0 Å². The van der Waals surface area contributed by atoms with Crippen molar-refractivity contribution in [1.82, 2.24) is 4.98 Å². The Balaban J connectivity index is 2.13. The highest BCUT2D eigenvalue weighted by atomic mass is 32.2. The van der Waals surface area contributed by atoms with E-state index >= 15 is 0 Å². The van der Waals surface area contributed by atoms with E-state index in [1.807, 2.05) is 17.5 Å². The lowest BCUT2D eigenvalue weighted by Gasteiger charge is -1.99. The zero-order chi connectivity index (χ0) is 10.7.